The summed E-state index contributed by atoms with van der Waals surface area (Å²) < 4.78 is 3.35. The third-order valence-electron chi connectivity index (χ3n) is 6.09. The van der Waals surface area contributed by atoms with Gasteiger partial charge < -0.3 is 9.88 Å². The van der Waals surface area contributed by atoms with Crippen molar-refractivity contribution in [2.45, 2.75) is 38.1 Å². The molecule has 0 aliphatic rings. The van der Waals surface area contributed by atoms with Gasteiger partial charge in [-0.15, -0.1) is 11.8 Å². The Bertz CT molecular complexity index is 1340. The molecule has 0 saturated heterocycles. The highest BCUT2D eigenvalue weighted by Crippen LogP contribution is 2.26. The van der Waals surface area contributed by atoms with Crippen LogP contribution in [0.3, 0.4) is 0 Å². The van der Waals surface area contributed by atoms with Crippen LogP contribution in [0.15, 0.2) is 70.5 Å². The van der Waals surface area contributed by atoms with Crippen molar-refractivity contribution in [3.05, 3.63) is 88.1 Å². The number of carbonyl (C=O) groups is 1. The van der Waals surface area contributed by atoms with Crippen molar-refractivity contribution < 1.29 is 4.79 Å². The van der Waals surface area contributed by atoms with E-state index >= 15 is 0 Å². The lowest BCUT2D eigenvalue weighted by Crippen LogP contribution is -2.33. The molecule has 1 unspecified atom stereocenters. The van der Waals surface area contributed by atoms with Gasteiger partial charge >= 0.3 is 0 Å². The summed E-state index contributed by atoms with van der Waals surface area (Å²) in [6.07, 6.45) is 4.54. The number of amides is 1. The number of carbonyl (C=O) groups excluding carboxylic acids is 1. The molecule has 1 amide bonds. The molecular formula is C26H28N4O2S. The third-order valence-corrected chi connectivity index (χ3v) is 6.84. The molecule has 0 fully saturated rings. The van der Waals surface area contributed by atoms with Crippen molar-refractivity contribution >= 4 is 28.4 Å². The fourth-order valence-corrected chi connectivity index (χ4v) is 4.71. The van der Waals surface area contributed by atoms with E-state index in [2.05, 4.69) is 40.9 Å². The maximum atomic E-state index is 13.3. The maximum Gasteiger partial charge on any atom is 0.281 e. The number of thioether (sulfide) groups is 1. The molecule has 4 aromatic rings. The van der Waals surface area contributed by atoms with E-state index in [1.54, 1.807) is 18.0 Å². The SMILES string of the molecule is CSc1ccc(CCNC(=O)C(C)n2c(C)c3cnn(-c4ccccc4)c(=O)c3c2C)cc1. The van der Waals surface area contributed by atoms with Crippen molar-refractivity contribution in [1.82, 2.24) is 19.7 Å². The smallest absolute Gasteiger partial charge is 0.281 e. The molecule has 2 aromatic carbocycles. The molecule has 33 heavy (non-hydrogen) atoms. The van der Waals surface area contributed by atoms with Crippen molar-refractivity contribution in [3.63, 3.8) is 0 Å². The van der Waals surface area contributed by atoms with E-state index in [1.807, 2.05) is 55.7 Å². The molecule has 7 heteroatoms. The Morgan fingerprint density at radius 2 is 1.76 bits per heavy atom. The molecular weight excluding hydrogens is 432 g/mol. The molecule has 0 spiro atoms. The van der Waals surface area contributed by atoms with E-state index in [0.717, 1.165) is 23.2 Å². The lowest BCUT2D eigenvalue weighted by Gasteiger charge is -2.18. The number of aryl methyl sites for hydroxylation is 2. The van der Waals surface area contributed by atoms with E-state index in [9.17, 15) is 9.59 Å². The summed E-state index contributed by atoms with van der Waals surface area (Å²) in [5.74, 6) is -0.0708. The van der Waals surface area contributed by atoms with Gasteiger partial charge in [-0.05, 0) is 63.3 Å². The lowest BCUT2D eigenvalue weighted by atomic mass is 10.1. The molecule has 0 bridgehead atoms. The predicted octanol–water partition coefficient (Wildman–Crippen LogP) is 4.45. The van der Waals surface area contributed by atoms with Crippen LogP contribution in [0.2, 0.25) is 0 Å². The number of para-hydroxylation sites is 1. The number of nitrogens with one attached hydrogen (secondary N) is 1. The summed E-state index contributed by atoms with van der Waals surface area (Å²) in [5, 5.41) is 8.80. The van der Waals surface area contributed by atoms with Gasteiger partial charge in [-0.2, -0.15) is 9.78 Å². The van der Waals surface area contributed by atoms with Crippen molar-refractivity contribution in [3.8, 4) is 5.69 Å². The molecule has 170 valence electrons. The second-order valence-electron chi connectivity index (χ2n) is 8.09. The second-order valence-corrected chi connectivity index (χ2v) is 8.97. The summed E-state index contributed by atoms with van der Waals surface area (Å²) >= 11 is 1.71. The highest BCUT2D eigenvalue weighted by molar-refractivity contribution is 7.98. The molecule has 0 saturated carbocycles. The van der Waals surface area contributed by atoms with Gasteiger partial charge in [0.25, 0.3) is 5.56 Å². The van der Waals surface area contributed by atoms with Crippen molar-refractivity contribution in [2.75, 3.05) is 12.8 Å². The predicted molar refractivity (Wildman–Crippen MR) is 134 cm³/mol. The topological polar surface area (TPSA) is 68.9 Å². The van der Waals surface area contributed by atoms with Crippen LogP contribution < -0.4 is 10.9 Å². The molecule has 1 atom stereocenters. The van der Waals surface area contributed by atoms with E-state index in [1.165, 1.54) is 15.1 Å². The summed E-state index contributed by atoms with van der Waals surface area (Å²) in [6, 6.07) is 17.3. The number of benzene rings is 2. The number of aromatic nitrogens is 3. The fraction of sp³-hybridized carbons (Fsp3) is 0.269. The maximum absolute atomic E-state index is 13.3. The molecule has 0 aliphatic carbocycles. The van der Waals surface area contributed by atoms with Crippen LogP contribution in [-0.4, -0.2) is 33.1 Å². The quantitative estimate of drug-likeness (QED) is 0.414. The van der Waals surface area contributed by atoms with Gasteiger partial charge in [-0.25, -0.2) is 0 Å². The molecule has 6 nitrogen and oxygen atoms in total. The highest BCUT2D eigenvalue weighted by Gasteiger charge is 2.23. The highest BCUT2D eigenvalue weighted by atomic mass is 32.2. The summed E-state index contributed by atoms with van der Waals surface area (Å²) in [7, 11) is 0. The van der Waals surface area contributed by atoms with E-state index in [4.69, 9.17) is 0 Å². The standard InChI is InChI=1S/C26H28N4O2S/c1-17-23-16-28-30(21-8-6-5-7-9-21)26(32)24(23)18(2)29(17)19(3)25(31)27-15-14-20-10-12-22(33-4)13-11-20/h5-13,16,19H,14-15H2,1-4H3,(H,27,31). The van der Waals surface area contributed by atoms with E-state index in [0.29, 0.717) is 17.6 Å². The van der Waals surface area contributed by atoms with Crippen molar-refractivity contribution in [1.29, 1.82) is 0 Å². The number of nitrogens with zero attached hydrogens (tertiary/aromatic N) is 3. The summed E-state index contributed by atoms with van der Waals surface area (Å²) in [5.41, 5.74) is 3.36. The van der Waals surface area contributed by atoms with Gasteiger partial charge in [0.2, 0.25) is 5.91 Å². The van der Waals surface area contributed by atoms with Crippen LogP contribution in [0.25, 0.3) is 16.5 Å². The van der Waals surface area contributed by atoms with Gasteiger partial charge in [0.1, 0.15) is 6.04 Å². The monoisotopic (exact) mass is 460 g/mol. The van der Waals surface area contributed by atoms with Gasteiger partial charge in [0, 0.05) is 28.2 Å². The molecule has 4 rings (SSSR count). The Morgan fingerprint density at radius 3 is 2.42 bits per heavy atom. The zero-order chi connectivity index (χ0) is 23.5. The normalized spacial score (nSPS) is 12.1. The number of hydrogen-bond donors (Lipinski definition) is 1. The zero-order valence-corrected chi connectivity index (χ0v) is 20.1. The van der Waals surface area contributed by atoms with Gasteiger partial charge in [-0.1, -0.05) is 30.3 Å². The van der Waals surface area contributed by atoms with Crippen molar-refractivity contribution in [2.24, 2.45) is 0 Å². The minimum absolute atomic E-state index is 0.0708. The van der Waals surface area contributed by atoms with Crippen LogP contribution in [0.5, 0.6) is 0 Å². The Labute approximate surface area is 197 Å². The molecule has 2 aromatic heterocycles. The minimum Gasteiger partial charge on any atom is -0.354 e. The van der Waals surface area contributed by atoms with E-state index < -0.39 is 6.04 Å². The average Bonchev–Trinajstić information content (AvgIpc) is 3.10. The van der Waals surface area contributed by atoms with Gasteiger partial charge in [-0.3, -0.25) is 9.59 Å². The summed E-state index contributed by atoms with van der Waals surface area (Å²) in [6.45, 7) is 6.25. The largest absolute Gasteiger partial charge is 0.354 e. The minimum atomic E-state index is -0.444. The van der Waals surface area contributed by atoms with Gasteiger partial charge in [0.05, 0.1) is 17.3 Å². The number of rotatable bonds is 7. The molecule has 0 radical (unpaired) electrons. The van der Waals surface area contributed by atoms with Crippen LogP contribution in [0.4, 0.5) is 0 Å². The Kier molecular flexibility index (Phi) is 6.70. The van der Waals surface area contributed by atoms with Crippen LogP contribution >= 0.6 is 11.8 Å². The first-order valence-corrected chi connectivity index (χ1v) is 12.2. The molecule has 2 heterocycles. The Morgan fingerprint density at radius 1 is 1.06 bits per heavy atom. The number of fused-ring (bicyclic) bond motifs is 1. The van der Waals surface area contributed by atoms with Crippen LogP contribution in [-0.2, 0) is 11.2 Å². The lowest BCUT2D eigenvalue weighted by molar-refractivity contribution is -0.123. The first kappa shape index (κ1) is 22.9. The van der Waals surface area contributed by atoms with Crippen LogP contribution in [0.1, 0.15) is 29.9 Å². The van der Waals surface area contributed by atoms with Gasteiger partial charge in [0.15, 0.2) is 0 Å². The fourth-order valence-electron chi connectivity index (χ4n) is 4.30. The third kappa shape index (κ3) is 4.46. The second kappa shape index (κ2) is 9.67. The number of hydrogen-bond acceptors (Lipinski definition) is 4. The first-order chi connectivity index (χ1) is 15.9. The molecule has 1 N–H and O–H groups in total. The van der Waals surface area contributed by atoms with Crippen LogP contribution in [0, 0.1) is 13.8 Å². The average molecular weight is 461 g/mol. The zero-order valence-electron chi connectivity index (χ0n) is 19.3. The molecule has 0 aliphatic heterocycles. The summed E-state index contributed by atoms with van der Waals surface area (Å²) in [4.78, 5) is 27.4. The van der Waals surface area contributed by atoms with E-state index in [-0.39, 0.29) is 11.5 Å². The first-order valence-electron chi connectivity index (χ1n) is 11.0. The Balaban J connectivity index is 1.56. The Hall–Kier alpha value is -3.32.